The van der Waals surface area contributed by atoms with Crippen LogP contribution in [-0.2, 0) is 0 Å². The minimum atomic E-state index is -0.659. The van der Waals surface area contributed by atoms with E-state index in [4.69, 9.17) is 10.5 Å². The first-order chi connectivity index (χ1) is 11.0. The third-order valence-electron chi connectivity index (χ3n) is 3.13. The second-order valence-corrected chi connectivity index (χ2v) is 5.19. The largest absolute Gasteiger partial charge is 0.418 e. The van der Waals surface area contributed by atoms with E-state index in [2.05, 4.69) is 20.4 Å². The number of carbonyl (C=O) groups excluding carboxylic acids is 1. The predicted molar refractivity (Wildman–Crippen MR) is 86.2 cm³/mol. The highest BCUT2D eigenvalue weighted by atomic mass is 16.6. The normalized spacial score (nSPS) is 10.9. The third kappa shape index (κ3) is 3.05. The summed E-state index contributed by atoms with van der Waals surface area (Å²) in [6, 6.07) is 9.06. The van der Waals surface area contributed by atoms with Crippen LogP contribution in [0.1, 0.15) is 19.9 Å². The van der Waals surface area contributed by atoms with E-state index in [1.54, 1.807) is 23.0 Å². The number of amides is 1. The van der Waals surface area contributed by atoms with Gasteiger partial charge in [-0.3, -0.25) is 5.32 Å². The summed E-state index contributed by atoms with van der Waals surface area (Å²) in [5.74, 6) is 0.0928. The van der Waals surface area contributed by atoms with Crippen LogP contribution in [0, 0.1) is 0 Å². The molecule has 0 unspecified atom stereocenters. The maximum atomic E-state index is 12.0. The molecule has 0 aliphatic carbocycles. The molecule has 0 saturated carbocycles. The number of ether oxygens (including phenoxy) is 1. The topological polar surface area (TPSA) is 108 Å². The number of nitrogen functional groups attached to an aromatic ring is 1. The zero-order valence-electron chi connectivity index (χ0n) is 12.7. The minimum absolute atomic E-state index is 0.0161. The van der Waals surface area contributed by atoms with Crippen LogP contribution in [0.5, 0.6) is 5.88 Å². The van der Waals surface area contributed by atoms with E-state index in [9.17, 15) is 4.79 Å². The number of carbonyl (C=O) groups is 1. The molecule has 0 aliphatic heterocycles. The standard InChI is InChI=1S/C15H16N6O2/c1-9(2)21-12-11(8-17-21)13(20-14(16)19-12)23-15(22)18-10-6-4-3-5-7-10/h3-9H,1-2H3,(H,18,22)(H2,16,19,20). The van der Waals surface area contributed by atoms with Crippen LogP contribution < -0.4 is 15.8 Å². The summed E-state index contributed by atoms with van der Waals surface area (Å²) in [6.07, 6.45) is 0.896. The number of benzene rings is 1. The molecule has 0 spiro atoms. The number of hydrogen-bond donors (Lipinski definition) is 2. The molecule has 0 fully saturated rings. The smallest absolute Gasteiger partial charge is 0.390 e. The molecule has 3 aromatic rings. The van der Waals surface area contributed by atoms with E-state index in [-0.39, 0.29) is 17.9 Å². The van der Waals surface area contributed by atoms with Crippen LogP contribution >= 0.6 is 0 Å². The number of hydrogen-bond acceptors (Lipinski definition) is 6. The summed E-state index contributed by atoms with van der Waals surface area (Å²) in [7, 11) is 0. The Kier molecular flexibility index (Phi) is 3.80. The zero-order chi connectivity index (χ0) is 16.4. The molecule has 0 saturated heterocycles. The zero-order valence-corrected chi connectivity index (χ0v) is 12.7. The van der Waals surface area contributed by atoms with E-state index in [0.29, 0.717) is 16.7 Å². The highest BCUT2D eigenvalue weighted by molar-refractivity contribution is 5.89. The van der Waals surface area contributed by atoms with Crippen molar-refractivity contribution in [1.82, 2.24) is 19.7 Å². The van der Waals surface area contributed by atoms with Gasteiger partial charge in [0.2, 0.25) is 11.8 Å². The highest BCUT2D eigenvalue weighted by Gasteiger charge is 2.17. The summed E-state index contributed by atoms with van der Waals surface area (Å²) in [5.41, 5.74) is 6.85. The molecule has 0 radical (unpaired) electrons. The van der Waals surface area contributed by atoms with Crippen molar-refractivity contribution in [3.8, 4) is 5.88 Å². The van der Waals surface area contributed by atoms with Crippen molar-refractivity contribution < 1.29 is 9.53 Å². The van der Waals surface area contributed by atoms with Crippen molar-refractivity contribution in [2.45, 2.75) is 19.9 Å². The lowest BCUT2D eigenvalue weighted by molar-refractivity contribution is 0.214. The van der Waals surface area contributed by atoms with Crippen molar-refractivity contribution in [2.75, 3.05) is 11.1 Å². The molecule has 3 rings (SSSR count). The maximum Gasteiger partial charge on any atom is 0.418 e. The minimum Gasteiger partial charge on any atom is -0.390 e. The Morgan fingerprint density at radius 1 is 1.26 bits per heavy atom. The summed E-state index contributed by atoms with van der Waals surface area (Å²) < 4.78 is 6.96. The van der Waals surface area contributed by atoms with Crippen LogP contribution in [0.4, 0.5) is 16.4 Å². The van der Waals surface area contributed by atoms with Gasteiger partial charge in [0.05, 0.1) is 6.20 Å². The van der Waals surface area contributed by atoms with Crippen molar-refractivity contribution >= 4 is 28.8 Å². The second-order valence-electron chi connectivity index (χ2n) is 5.19. The molecular weight excluding hydrogens is 296 g/mol. The molecule has 8 heteroatoms. The molecule has 2 aromatic heterocycles. The van der Waals surface area contributed by atoms with Gasteiger partial charge in [-0.1, -0.05) is 18.2 Å². The van der Waals surface area contributed by atoms with Crippen LogP contribution in [0.3, 0.4) is 0 Å². The van der Waals surface area contributed by atoms with Gasteiger partial charge in [0.15, 0.2) is 5.65 Å². The van der Waals surface area contributed by atoms with E-state index in [1.807, 2.05) is 32.0 Å². The third-order valence-corrected chi connectivity index (χ3v) is 3.13. The Morgan fingerprint density at radius 2 is 2.00 bits per heavy atom. The molecular formula is C15H16N6O2. The monoisotopic (exact) mass is 312 g/mol. The fourth-order valence-corrected chi connectivity index (χ4v) is 2.12. The Morgan fingerprint density at radius 3 is 2.70 bits per heavy atom. The molecule has 118 valence electrons. The SMILES string of the molecule is CC(C)n1ncc2c(OC(=O)Nc3ccccc3)nc(N)nc21. The summed E-state index contributed by atoms with van der Waals surface area (Å²) in [4.78, 5) is 20.2. The molecule has 1 aromatic carbocycles. The van der Waals surface area contributed by atoms with Crippen LogP contribution in [0.2, 0.25) is 0 Å². The first kappa shape index (κ1) is 14.8. The maximum absolute atomic E-state index is 12.0. The van der Waals surface area contributed by atoms with Gasteiger partial charge >= 0.3 is 6.09 Å². The Hall–Kier alpha value is -3.16. The lowest BCUT2D eigenvalue weighted by atomic mass is 10.3. The van der Waals surface area contributed by atoms with Gasteiger partial charge in [-0.05, 0) is 26.0 Å². The Balaban J connectivity index is 1.89. The predicted octanol–water partition coefficient (Wildman–Crippen LogP) is 2.60. The molecule has 1 amide bonds. The fourth-order valence-electron chi connectivity index (χ4n) is 2.12. The van der Waals surface area contributed by atoms with E-state index in [0.717, 1.165) is 0 Å². The van der Waals surface area contributed by atoms with E-state index < -0.39 is 6.09 Å². The lowest BCUT2D eigenvalue weighted by Crippen LogP contribution is -2.18. The average molecular weight is 312 g/mol. The number of aromatic nitrogens is 4. The first-order valence-corrected chi connectivity index (χ1v) is 7.09. The van der Waals surface area contributed by atoms with Gasteiger partial charge in [-0.15, -0.1) is 0 Å². The Bertz CT molecular complexity index is 844. The second kappa shape index (κ2) is 5.91. The van der Waals surface area contributed by atoms with Crippen LogP contribution in [-0.4, -0.2) is 25.8 Å². The van der Waals surface area contributed by atoms with E-state index in [1.165, 1.54) is 0 Å². The molecule has 0 aliphatic rings. The van der Waals surface area contributed by atoms with Gasteiger partial charge in [-0.2, -0.15) is 15.1 Å². The number of nitrogens with two attached hydrogens (primary N) is 1. The van der Waals surface area contributed by atoms with Gasteiger partial charge in [0.25, 0.3) is 0 Å². The number of anilines is 2. The molecule has 0 bridgehead atoms. The van der Waals surface area contributed by atoms with Gasteiger partial charge in [0.1, 0.15) is 5.39 Å². The van der Waals surface area contributed by atoms with Crippen LogP contribution in [0.25, 0.3) is 11.0 Å². The first-order valence-electron chi connectivity index (χ1n) is 7.09. The molecule has 8 nitrogen and oxygen atoms in total. The average Bonchev–Trinajstić information content (AvgIpc) is 2.92. The molecule has 2 heterocycles. The number of rotatable bonds is 3. The lowest BCUT2D eigenvalue weighted by Gasteiger charge is -2.09. The quantitative estimate of drug-likeness (QED) is 0.769. The summed E-state index contributed by atoms with van der Waals surface area (Å²) in [5, 5.41) is 7.37. The number of para-hydroxylation sites is 1. The fraction of sp³-hybridized carbons (Fsp3) is 0.200. The number of fused-ring (bicyclic) bond motifs is 1. The van der Waals surface area contributed by atoms with Gasteiger partial charge in [-0.25, -0.2) is 9.48 Å². The van der Waals surface area contributed by atoms with Crippen LogP contribution in [0.15, 0.2) is 36.5 Å². The summed E-state index contributed by atoms with van der Waals surface area (Å²) >= 11 is 0. The number of nitrogens with one attached hydrogen (secondary N) is 1. The molecule has 0 atom stereocenters. The number of nitrogens with zero attached hydrogens (tertiary/aromatic N) is 4. The van der Waals surface area contributed by atoms with Crippen molar-refractivity contribution in [1.29, 1.82) is 0 Å². The summed E-state index contributed by atoms with van der Waals surface area (Å²) in [6.45, 7) is 3.93. The van der Waals surface area contributed by atoms with E-state index >= 15 is 0 Å². The molecule has 3 N–H and O–H groups in total. The highest BCUT2D eigenvalue weighted by Crippen LogP contribution is 2.25. The molecule has 23 heavy (non-hydrogen) atoms. The van der Waals surface area contributed by atoms with Crippen molar-refractivity contribution in [3.63, 3.8) is 0 Å². The van der Waals surface area contributed by atoms with Crippen molar-refractivity contribution in [2.24, 2.45) is 0 Å². The van der Waals surface area contributed by atoms with Gasteiger partial charge < -0.3 is 10.5 Å². The van der Waals surface area contributed by atoms with Gasteiger partial charge in [0, 0.05) is 11.7 Å². The van der Waals surface area contributed by atoms with Crippen molar-refractivity contribution in [3.05, 3.63) is 36.5 Å². The Labute approximate surface area is 132 Å².